The van der Waals surface area contributed by atoms with Gasteiger partial charge in [-0.05, 0) is 109 Å². The molecule has 12 nitrogen and oxygen atoms in total. The maximum absolute atomic E-state index is 13.2. The third kappa shape index (κ3) is 42.7. The minimum absolute atomic E-state index is 0.00567. The summed E-state index contributed by atoms with van der Waals surface area (Å²) >= 11 is 0. The number of carbonyl (C=O) groups is 4. The largest absolute Gasteiger partial charge is 0.479 e. The zero-order chi connectivity index (χ0) is 56.1. The van der Waals surface area contributed by atoms with Gasteiger partial charge in [-0.1, -0.05) is 209 Å². The number of aliphatic hydroxyl groups excluding tert-OH is 2. The van der Waals surface area contributed by atoms with Gasteiger partial charge in [-0.2, -0.15) is 0 Å². The maximum atomic E-state index is 13.2. The summed E-state index contributed by atoms with van der Waals surface area (Å²) in [5, 5.41) is 31.5. The Labute approximate surface area is 468 Å². The summed E-state index contributed by atoms with van der Waals surface area (Å²) in [6.45, 7) is 5.85. The van der Waals surface area contributed by atoms with Gasteiger partial charge < -0.3 is 39.0 Å². The molecule has 1 aliphatic rings. The molecule has 77 heavy (non-hydrogen) atoms. The fraction of sp³-hybridized carbons (Fsp3) is 0.754. The van der Waals surface area contributed by atoms with Crippen LogP contribution in [0.3, 0.4) is 0 Å². The van der Waals surface area contributed by atoms with E-state index in [4.69, 9.17) is 23.7 Å². The van der Waals surface area contributed by atoms with Gasteiger partial charge in [0.05, 0.1) is 6.61 Å². The van der Waals surface area contributed by atoms with Crippen LogP contribution >= 0.6 is 0 Å². The molecule has 442 valence electrons. The molecule has 0 aromatic heterocycles. The van der Waals surface area contributed by atoms with E-state index in [9.17, 15) is 34.5 Å². The van der Waals surface area contributed by atoms with Crippen LogP contribution in [-0.4, -0.2) is 89.2 Å². The summed E-state index contributed by atoms with van der Waals surface area (Å²) in [5.41, 5.74) is 0. The molecule has 12 heteroatoms. The van der Waals surface area contributed by atoms with Gasteiger partial charge in [0.2, 0.25) is 0 Å². The van der Waals surface area contributed by atoms with Gasteiger partial charge in [-0.15, -0.1) is 0 Å². The van der Waals surface area contributed by atoms with Crippen LogP contribution in [0.15, 0.2) is 72.9 Å². The fourth-order valence-corrected chi connectivity index (χ4v) is 9.00. The highest BCUT2D eigenvalue weighted by Gasteiger charge is 2.50. The van der Waals surface area contributed by atoms with E-state index in [0.29, 0.717) is 25.7 Å². The van der Waals surface area contributed by atoms with Crippen molar-refractivity contribution >= 4 is 23.9 Å². The number of carboxylic acids is 1. The first kappa shape index (κ1) is 71.2. The molecule has 0 aliphatic carbocycles. The molecule has 0 spiro atoms. The van der Waals surface area contributed by atoms with Crippen molar-refractivity contribution in [3.63, 3.8) is 0 Å². The number of allylic oxidation sites excluding steroid dienone is 12. The van der Waals surface area contributed by atoms with E-state index in [-0.39, 0.29) is 25.9 Å². The monoisotopic (exact) mass is 1080 g/mol. The molecule has 0 radical (unpaired) electrons. The number of rotatable bonds is 52. The molecule has 3 N–H and O–H groups in total. The van der Waals surface area contributed by atoms with Crippen molar-refractivity contribution in [3.8, 4) is 0 Å². The van der Waals surface area contributed by atoms with Crippen LogP contribution in [0.4, 0.5) is 0 Å². The number of aliphatic hydroxyl groups is 2. The number of unbranched alkanes of at least 4 members (excludes halogenated alkanes) is 26. The topological polar surface area (TPSA) is 175 Å². The summed E-state index contributed by atoms with van der Waals surface area (Å²) < 4.78 is 28.4. The maximum Gasteiger partial charge on any atom is 0.335 e. The average molecular weight is 1080 g/mol. The van der Waals surface area contributed by atoms with Crippen LogP contribution in [0.5, 0.6) is 0 Å². The lowest BCUT2D eigenvalue weighted by molar-refractivity contribution is -0.301. The quantitative estimate of drug-likeness (QED) is 0.0228. The molecule has 6 atom stereocenters. The van der Waals surface area contributed by atoms with Crippen LogP contribution in [0, 0.1) is 0 Å². The number of carbonyl (C=O) groups excluding carboxylic acids is 3. The Hall–Kier alpha value is -3.84. The zero-order valence-corrected chi connectivity index (χ0v) is 48.7. The normalized spacial score (nSPS) is 18.5. The minimum Gasteiger partial charge on any atom is -0.479 e. The second-order valence-electron chi connectivity index (χ2n) is 20.9. The molecule has 0 amide bonds. The van der Waals surface area contributed by atoms with Crippen LogP contribution in [0.2, 0.25) is 0 Å². The van der Waals surface area contributed by atoms with E-state index in [1.807, 2.05) is 0 Å². The van der Waals surface area contributed by atoms with Crippen molar-refractivity contribution in [1.82, 2.24) is 0 Å². The van der Waals surface area contributed by atoms with Gasteiger partial charge in [-0.25, -0.2) is 4.79 Å². The van der Waals surface area contributed by atoms with E-state index in [0.717, 1.165) is 96.3 Å². The molecule has 0 bridgehead atoms. The summed E-state index contributed by atoms with van der Waals surface area (Å²) in [7, 11) is 0. The zero-order valence-electron chi connectivity index (χ0n) is 48.7. The SMILES string of the molecule is CC/C=C\C/C=C\C/C=C\C/C=C\CCCCC(=O)OC1C(OCC(COC(=O)CCCCCCCCC/C=C\CCCCCCCC)OC(=O)CCCCCCC/C=C\CCCCCCCC)OC(C(=O)O)C(O)C1O. The lowest BCUT2D eigenvalue weighted by Crippen LogP contribution is -2.61. The highest BCUT2D eigenvalue weighted by atomic mass is 16.7. The van der Waals surface area contributed by atoms with Gasteiger partial charge in [0.25, 0.3) is 0 Å². The van der Waals surface area contributed by atoms with E-state index >= 15 is 0 Å². The Morgan fingerprint density at radius 3 is 1.29 bits per heavy atom. The van der Waals surface area contributed by atoms with Crippen molar-refractivity contribution in [2.45, 2.75) is 302 Å². The summed E-state index contributed by atoms with van der Waals surface area (Å²) in [6, 6.07) is 0. The highest BCUT2D eigenvalue weighted by Crippen LogP contribution is 2.26. The number of esters is 3. The number of aliphatic carboxylic acids is 1. The third-order valence-corrected chi connectivity index (χ3v) is 13.7. The first-order valence-corrected chi connectivity index (χ1v) is 30.9. The predicted molar refractivity (Wildman–Crippen MR) is 312 cm³/mol. The first-order chi connectivity index (χ1) is 37.6. The standard InChI is InChI=1S/C65H110O12/c1-4-7-10-13-16-19-22-25-28-29-32-33-36-39-42-45-48-51-57(66)73-54-56(75-58(67)52-49-46-43-40-37-34-30-26-23-20-17-14-11-8-5-2)55-74-65-63(61(70)60(69)62(77-65)64(71)72)76-59(68)53-50-47-44-41-38-35-31-27-24-21-18-15-12-9-6-3/h9,12,18,21,25-28,30-31,38,41,56,60-63,65,69-70H,4-8,10-11,13-17,19-20,22-24,29,32-37,39-40,42-55H2,1-3H3,(H,71,72)/b12-9-,21-18-,28-25-,30-26-,31-27-,41-38-. The number of hydrogen-bond acceptors (Lipinski definition) is 11. The lowest BCUT2D eigenvalue weighted by Gasteiger charge is -2.40. The van der Waals surface area contributed by atoms with E-state index in [1.165, 1.54) is 103 Å². The first-order valence-electron chi connectivity index (χ1n) is 30.9. The number of hydrogen-bond donors (Lipinski definition) is 3. The van der Waals surface area contributed by atoms with Crippen LogP contribution in [-0.2, 0) is 42.9 Å². The number of ether oxygens (including phenoxy) is 5. The molecular formula is C65H110O12. The Balaban J connectivity index is 2.71. The third-order valence-electron chi connectivity index (χ3n) is 13.7. The second-order valence-corrected chi connectivity index (χ2v) is 20.9. The fourth-order valence-electron chi connectivity index (χ4n) is 9.00. The molecule has 1 heterocycles. The molecule has 6 unspecified atom stereocenters. The van der Waals surface area contributed by atoms with Gasteiger partial charge in [0.1, 0.15) is 18.8 Å². The van der Waals surface area contributed by atoms with Crippen molar-refractivity contribution in [1.29, 1.82) is 0 Å². The van der Waals surface area contributed by atoms with E-state index in [2.05, 4.69) is 93.7 Å². The minimum atomic E-state index is -1.92. The van der Waals surface area contributed by atoms with Crippen molar-refractivity contribution in [2.24, 2.45) is 0 Å². The second kappa shape index (κ2) is 52.8. The molecular weight excluding hydrogens is 973 g/mol. The van der Waals surface area contributed by atoms with Crippen LogP contribution in [0.25, 0.3) is 0 Å². The molecule has 1 rings (SSSR count). The van der Waals surface area contributed by atoms with Gasteiger partial charge in [0.15, 0.2) is 24.6 Å². The molecule has 1 saturated heterocycles. The predicted octanol–water partition coefficient (Wildman–Crippen LogP) is 16.1. The summed E-state index contributed by atoms with van der Waals surface area (Å²) in [5.74, 6) is -3.18. The van der Waals surface area contributed by atoms with Gasteiger partial charge in [-0.3, -0.25) is 14.4 Å². The molecule has 0 aromatic rings. The molecule has 0 aromatic carbocycles. The Morgan fingerprint density at radius 1 is 0.442 bits per heavy atom. The Kier molecular flexibility index (Phi) is 48.8. The highest BCUT2D eigenvalue weighted by molar-refractivity contribution is 5.74. The molecule has 1 aliphatic heterocycles. The van der Waals surface area contributed by atoms with Crippen molar-refractivity contribution < 1.29 is 58.2 Å². The number of carboxylic acid groups (broad SMARTS) is 1. The lowest BCUT2D eigenvalue weighted by atomic mass is 9.98. The van der Waals surface area contributed by atoms with E-state index < -0.39 is 67.3 Å². The van der Waals surface area contributed by atoms with Crippen LogP contribution < -0.4 is 0 Å². The van der Waals surface area contributed by atoms with Gasteiger partial charge >= 0.3 is 23.9 Å². The molecule has 0 saturated carbocycles. The summed E-state index contributed by atoms with van der Waals surface area (Å²) in [4.78, 5) is 51.2. The van der Waals surface area contributed by atoms with Crippen molar-refractivity contribution in [2.75, 3.05) is 13.2 Å². The van der Waals surface area contributed by atoms with Gasteiger partial charge in [0, 0.05) is 19.3 Å². The average Bonchev–Trinajstić information content (AvgIpc) is 3.43. The Bertz CT molecular complexity index is 1620. The Morgan fingerprint density at radius 2 is 0.818 bits per heavy atom. The smallest absolute Gasteiger partial charge is 0.335 e. The summed E-state index contributed by atoms with van der Waals surface area (Å²) in [6.07, 6.45) is 54.4. The van der Waals surface area contributed by atoms with E-state index in [1.54, 1.807) is 0 Å². The van der Waals surface area contributed by atoms with Crippen molar-refractivity contribution in [3.05, 3.63) is 72.9 Å². The van der Waals surface area contributed by atoms with Crippen LogP contribution in [0.1, 0.15) is 265 Å². The molecule has 1 fully saturated rings.